The maximum absolute atomic E-state index is 12.1. The zero-order valence-corrected chi connectivity index (χ0v) is 19.4. The van der Waals surface area contributed by atoms with Crippen LogP contribution in [-0.4, -0.2) is 73.0 Å². The predicted octanol–water partition coefficient (Wildman–Crippen LogP) is 2.74. The second-order valence-corrected chi connectivity index (χ2v) is 9.23. The molecule has 178 valence electrons. The summed E-state index contributed by atoms with van der Waals surface area (Å²) in [5.74, 6) is 1.50. The highest BCUT2D eigenvalue weighted by Gasteiger charge is 2.27. The summed E-state index contributed by atoms with van der Waals surface area (Å²) in [6.07, 6.45) is 6.24. The summed E-state index contributed by atoms with van der Waals surface area (Å²) in [4.78, 5) is 27.2. The number of nitrogens with one attached hydrogen (secondary N) is 3. The van der Waals surface area contributed by atoms with Gasteiger partial charge < -0.3 is 15.0 Å². The molecule has 0 radical (unpaired) electrons. The van der Waals surface area contributed by atoms with Gasteiger partial charge in [0.2, 0.25) is 0 Å². The molecule has 2 aliphatic rings. The molecular weight excluding hydrogens is 432 g/mol. The highest BCUT2D eigenvalue weighted by Crippen LogP contribution is 2.33. The van der Waals surface area contributed by atoms with Crippen molar-refractivity contribution in [3.8, 4) is 11.4 Å². The Bertz CT molecular complexity index is 1360. The molecule has 2 fully saturated rings. The lowest BCUT2D eigenvalue weighted by Crippen LogP contribution is -2.46. The van der Waals surface area contributed by atoms with E-state index >= 15 is 0 Å². The van der Waals surface area contributed by atoms with Gasteiger partial charge in [-0.05, 0) is 50.8 Å². The van der Waals surface area contributed by atoms with Gasteiger partial charge in [0.05, 0.1) is 18.6 Å². The summed E-state index contributed by atoms with van der Waals surface area (Å²) in [6, 6.07) is 7.11. The first kappa shape index (κ1) is 21.3. The van der Waals surface area contributed by atoms with Gasteiger partial charge in [0, 0.05) is 48.2 Å². The third-order valence-electron chi connectivity index (χ3n) is 7.32. The summed E-state index contributed by atoms with van der Waals surface area (Å²) in [5, 5.41) is 12.5. The molecule has 1 aromatic carbocycles. The highest BCUT2D eigenvalue weighted by atomic mass is 16.5. The Morgan fingerprint density at radius 2 is 1.97 bits per heavy atom. The van der Waals surface area contributed by atoms with Crippen LogP contribution in [0.3, 0.4) is 0 Å². The number of ether oxygens (including phenoxy) is 1. The fraction of sp³-hybridized carbons (Fsp3) is 0.500. The summed E-state index contributed by atoms with van der Waals surface area (Å²) in [6.45, 7) is 6.30. The number of benzene rings is 1. The van der Waals surface area contributed by atoms with E-state index in [1.807, 2.05) is 19.1 Å². The smallest absolute Gasteiger partial charge is 0.343 e. The number of aromatic nitrogens is 6. The van der Waals surface area contributed by atoms with Gasteiger partial charge in [-0.25, -0.2) is 19.9 Å². The van der Waals surface area contributed by atoms with Crippen LogP contribution in [0.5, 0.6) is 0 Å². The van der Waals surface area contributed by atoms with Crippen LogP contribution in [0.4, 0.5) is 5.82 Å². The number of hydrogen-bond acceptors (Lipinski definition) is 7. The van der Waals surface area contributed by atoms with Gasteiger partial charge in [-0.15, -0.1) is 0 Å². The molecule has 0 spiro atoms. The normalized spacial score (nSPS) is 21.9. The van der Waals surface area contributed by atoms with Gasteiger partial charge >= 0.3 is 5.69 Å². The first-order chi connectivity index (χ1) is 16.7. The van der Waals surface area contributed by atoms with Crippen LogP contribution < -0.4 is 11.0 Å². The van der Waals surface area contributed by atoms with Crippen molar-refractivity contribution in [2.75, 3.05) is 31.6 Å². The van der Waals surface area contributed by atoms with Crippen molar-refractivity contribution in [1.29, 1.82) is 0 Å². The Morgan fingerprint density at radius 3 is 2.76 bits per heavy atom. The quantitative estimate of drug-likeness (QED) is 0.417. The number of rotatable bonds is 5. The third kappa shape index (κ3) is 3.76. The van der Waals surface area contributed by atoms with Crippen LogP contribution in [0.2, 0.25) is 0 Å². The Labute approximate surface area is 196 Å². The van der Waals surface area contributed by atoms with Gasteiger partial charge in [0.25, 0.3) is 0 Å². The predicted molar refractivity (Wildman–Crippen MR) is 131 cm³/mol. The molecule has 4 heterocycles. The molecule has 1 aliphatic carbocycles. The number of fused-ring (bicyclic) bond motifs is 3. The molecule has 4 aromatic rings. The van der Waals surface area contributed by atoms with Crippen LogP contribution >= 0.6 is 0 Å². The number of H-pyrrole nitrogens is 2. The summed E-state index contributed by atoms with van der Waals surface area (Å²) >= 11 is 0. The van der Waals surface area contributed by atoms with Gasteiger partial charge in [0.15, 0.2) is 5.82 Å². The molecule has 0 unspecified atom stereocenters. The van der Waals surface area contributed by atoms with Crippen molar-refractivity contribution in [3.05, 3.63) is 35.0 Å². The monoisotopic (exact) mass is 462 g/mol. The van der Waals surface area contributed by atoms with E-state index in [1.165, 1.54) is 12.8 Å². The molecule has 10 nitrogen and oxygen atoms in total. The number of aromatic amines is 2. The van der Waals surface area contributed by atoms with E-state index < -0.39 is 0 Å². The maximum Gasteiger partial charge on any atom is 0.343 e. The fourth-order valence-corrected chi connectivity index (χ4v) is 5.52. The molecule has 1 aliphatic heterocycles. The third-order valence-corrected chi connectivity index (χ3v) is 7.32. The Balaban J connectivity index is 1.28. The molecule has 10 heteroatoms. The van der Waals surface area contributed by atoms with Gasteiger partial charge in [0.1, 0.15) is 17.8 Å². The van der Waals surface area contributed by atoms with Crippen LogP contribution in [0, 0.1) is 0 Å². The number of anilines is 1. The van der Waals surface area contributed by atoms with E-state index in [0.717, 1.165) is 72.5 Å². The lowest BCUT2D eigenvalue weighted by Gasteiger charge is -2.39. The van der Waals surface area contributed by atoms with Crippen molar-refractivity contribution in [1.82, 2.24) is 34.6 Å². The molecule has 0 bridgehead atoms. The van der Waals surface area contributed by atoms with Gasteiger partial charge in [-0.3, -0.25) is 9.47 Å². The van der Waals surface area contributed by atoms with E-state index in [-0.39, 0.29) is 5.69 Å². The molecule has 3 aromatic heterocycles. The maximum atomic E-state index is 12.1. The van der Waals surface area contributed by atoms with E-state index in [0.29, 0.717) is 24.5 Å². The minimum Gasteiger partial charge on any atom is -0.379 e. The number of nitrogens with zero attached hydrogens (tertiary/aromatic N) is 5. The summed E-state index contributed by atoms with van der Waals surface area (Å²) < 4.78 is 7.15. The molecule has 34 heavy (non-hydrogen) atoms. The SMILES string of the molecule is CCn1c(-c2ccc3[nH]c4ncnc(N[C@H]5CC[C@H](N6CCOCC6)CC5)c4c3c2)n[nH]c1=O. The topological polar surface area (TPSA) is 117 Å². The van der Waals surface area contributed by atoms with Crippen molar-refractivity contribution in [2.45, 2.75) is 51.2 Å². The number of hydrogen-bond donors (Lipinski definition) is 3. The molecular formula is C24H30N8O2. The Morgan fingerprint density at radius 1 is 1.15 bits per heavy atom. The van der Waals surface area contributed by atoms with Gasteiger partial charge in [-0.1, -0.05) is 0 Å². The second-order valence-electron chi connectivity index (χ2n) is 9.23. The summed E-state index contributed by atoms with van der Waals surface area (Å²) in [7, 11) is 0. The van der Waals surface area contributed by atoms with Crippen molar-refractivity contribution in [3.63, 3.8) is 0 Å². The van der Waals surface area contributed by atoms with E-state index in [1.54, 1.807) is 10.9 Å². The largest absolute Gasteiger partial charge is 0.379 e. The van der Waals surface area contributed by atoms with E-state index in [4.69, 9.17) is 4.74 Å². The summed E-state index contributed by atoms with van der Waals surface area (Å²) in [5.41, 5.74) is 2.48. The molecule has 0 atom stereocenters. The molecule has 3 N–H and O–H groups in total. The Hall–Kier alpha value is -3.24. The minimum absolute atomic E-state index is 0.199. The zero-order valence-electron chi connectivity index (χ0n) is 19.4. The molecule has 1 saturated carbocycles. The average molecular weight is 463 g/mol. The molecule has 0 amide bonds. The van der Waals surface area contributed by atoms with Crippen LogP contribution in [0.15, 0.2) is 29.3 Å². The van der Waals surface area contributed by atoms with Crippen LogP contribution in [0.1, 0.15) is 32.6 Å². The first-order valence-electron chi connectivity index (χ1n) is 12.2. The van der Waals surface area contributed by atoms with Crippen LogP contribution in [0.25, 0.3) is 33.3 Å². The standard InChI is InChI=1S/C24H30N8O2/c1-2-32-23(29-30-24(32)33)15-3-8-19-18(13-15)20-21(25-14-26-22(20)28-19)27-16-4-6-17(7-5-16)31-9-11-34-12-10-31/h3,8,13-14,16-17H,2,4-7,9-12H2,1H3,(H,30,33)(H2,25,26,27,28)/t16-,17-. The van der Waals surface area contributed by atoms with E-state index in [9.17, 15) is 4.79 Å². The second kappa shape index (κ2) is 8.84. The molecule has 6 rings (SSSR count). The van der Waals surface area contributed by atoms with Gasteiger partial charge in [-0.2, -0.15) is 5.10 Å². The van der Waals surface area contributed by atoms with Crippen LogP contribution in [-0.2, 0) is 11.3 Å². The van der Waals surface area contributed by atoms with Crippen molar-refractivity contribution in [2.24, 2.45) is 0 Å². The lowest BCUT2D eigenvalue weighted by atomic mass is 9.90. The lowest BCUT2D eigenvalue weighted by molar-refractivity contribution is 0.00791. The minimum atomic E-state index is -0.199. The number of morpholine rings is 1. The molecule has 1 saturated heterocycles. The zero-order chi connectivity index (χ0) is 23.1. The fourth-order valence-electron chi connectivity index (χ4n) is 5.52. The van der Waals surface area contributed by atoms with Crippen molar-refractivity contribution >= 4 is 27.8 Å². The average Bonchev–Trinajstić information content (AvgIpc) is 3.45. The van der Waals surface area contributed by atoms with E-state index in [2.05, 4.69) is 41.4 Å². The van der Waals surface area contributed by atoms with Crippen molar-refractivity contribution < 1.29 is 4.74 Å². The Kier molecular flexibility index (Phi) is 5.54. The highest BCUT2D eigenvalue weighted by molar-refractivity contribution is 6.12. The first-order valence-corrected chi connectivity index (χ1v) is 12.2.